The fourth-order valence-corrected chi connectivity index (χ4v) is 4.07. The Morgan fingerprint density at radius 1 is 0.939 bits per heavy atom. The van der Waals surface area contributed by atoms with Gasteiger partial charge < -0.3 is 10.1 Å². The average molecular weight is 459 g/mol. The molecule has 0 saturated heterocycles. The van der Waals surface area contributed by atoms with E-state index in [9.17, 15) is 4.79 Å². The standard InChI is InChI=1S/C26H26N4O2S/c1-18-9-13-21(14-10-18)27-25(31)20(3)33-26-29-28-24(30(26)22-7-5-4-6-8-22)17-32-23-15-11-19(2)12-16-23/h4-16,20H,17H2,1-3H3,(H,27,31). The van der Waals surface area contributed by atoms with Gasteiger partial charge in [-0.05, 0) is 57.2 Å². The molecule has 0 aliphatic carbocycles. The van der Waals surface area contributed by atoms with Crippen LogP contribution in [0, 0.1) is 13.8 Å². The first-order valence-corrected chi connectivity index (χ1v) is 11.6. The predicted octanol–water partition coefficient (Wildman–Crippen LogP) is 5.58. The van der Waals surface area contributed by atoms with Gasteiger partial charge in [-0.15, -0.1) is 10.2 Å². The van der Waals surface area contributed by atoms with Crippen LogP contribution in [0.3, 0.4) is 0 Å². The lowest BCUT2D eigenvalue weighted by Crippen LogP contribution is -2.23. The molecule has 0 aliphatic rings. The Morgan fingerprint density at radius 3 is 2.24 bits per heavy atom. The van der Waals surface area contributed by atoms with E-state index in [0.717, 1.165) is 22.7 Å². The van der Waals surface area contributed by atoms with Gasteiger partial charge in [-0.3, -0.25) is 9.36 Å². The van der Waals surface area contributed by atoms with E-state index in [1.807, 2.05) is 104 Å². The number of anilines is 1. The molecule has 1 N–H and O–H groups in total. The number of carbonyl (C=O) groups excluding carboxylic acids is 1. The first kappa shape index (κ1) is 22.6. The Bertz CT molecular complexity index is 1210. The Labute approximate surface area is 198 Å². The number of hydrogen-bond acceptors (Lipinski definition) is 5. The van der Waals surface area contributed by atoms with Gasteiger partial charge in [0.05, 0.1) is 5.25 Å². The molecule has 0 bridgehead atoms. The molecular formula is C26H26N4O2S. The van der Waals surface area contributed by atoms with Gasteiger partial charge in [-0.25, -0.2) is 0 Å². The van der Waals surface area contributed by atoms with Crippen LogP contribution in [0.25, 0.3) is 5.69 Å². The topological polar surface area (TPSA) is 69.0 Å². The number of rotatable bonds is 8. The minimum atomic E-state index is -0.371. The number of carbonyl (C=O) groups is 1. The Hall–Kier alpha value is -3.58. The van der Waals surface area contributed by atoms with Crippen LogP contribution >= 0.6 is 11.8 Å². The number of amides is 1. The summed E-state index contributed by atoms with van der Waals surface area (Å²) in [5.41, 5.74) is 4.01. The number of thioether (sulfide) groups is 1. The normalized spacial score (nSPS) is 11.7. The van der Waals surface area contributed by atoms with Crippen molar-refractivity contribution < 1.29 is 9.53 Å². The van der Waals surface area contributed by atoms with Gasteiger partial charge in [0.2, 0.25) is 5.91 Å². The highest BCUT2D eigenvalue weighted by Gasteiger charge is 2.21. The minimum Gasteiger partial charge on any atom is -0.486 e. The third-order valence-electron chi connectivity index (χ3n) is 5.07. The molecule has 7 heteroatoms. The van der Waals surface area contributed by atoms with E-state index >= 15 is 0 Å². The monoisotopic (exact) mass is 458 g/mol. The molecular weight excluding hydrogens is 432 g/mol. The average Bonchev–Trinajstić information content (AvgIpc) is 3.23. The summed E-state index contributed by atoms with van der Waals surface area (Å²) in [7, 11) is 0. The van der Waals surface area contributed by atoms with Crippen molar-refractivity contribution in [2.45, 2.75) is 37.8 Å². The predicted molar refractivity (Wildman–Crippen MR) is 132 cm³/mol. The quantitative estimate of drug-likeness (QED) is 0.349. The molecule has 4 aromatic rings. The fraction of sp³-hybridized carbons (Fsp3) is 0.192. The Balaban J connectivity index is 1.52. The summed E-state index contributed by atoms with van der Waals surface area (Å²) in [6, 6.07) is 25.5. The van der Waals surface area contributed by atoms with Crippen molar-refractivity contribution in [3.05, 3.63) is 95.8 Å². The van der Waals surface area contributed by atoms with Crippen LogP contribution < -0.4 is 10.1 Å². The number of hydrogen-bond donors (Lipinski definition) is 1. The molecule has 1 amide bonds. The van der Waals surface area contributed by atoms with Crippen LogP contribution in [-0.2, 0) is 11.4 Å². The molecule has 0 radical (unpaired) electrons. The summed E-state index contributed by atoms with van der Waals surface area (Å²) in [4.78, 5) is 12.8. The van der Waals surface area contributed by atoms with Crippen molar-refractivity contribution in [1.82, 2.24) is 14.8 Å². The van der Waals surface area contributed by atoms with Crippen molar-refractivity contribution in [1.29, 1.82) is 0 Å². The lowest BCUT2D eigenvalue weighted by atomic mass is 10.2. The minimum absolute atomic E-state index is 0.0936. The van der Waals surface area contributed by atoms with Crippen LogP contribution in [0.4, 0.5) is 5.69 Å². The second-order valence-corrected chi connectivity index (χ2v) is 9.09. The smallest absolute Gasteiger partial charge is 0.237 e. The van der Waals surface area contributed by atoms with E-state index < -0.39 is 0 Å². The van der Waals surface area contributed by atoms with Crippen molar-refractivity contribution in [3.63, 3.8) is 0 Å². The summed E-state index contributed by atoms with van der Waals surface area (Å²) < 4.78 is 7.89. The molecule has 6 nitrogen and oxygen atoms in total. The first-order valence-electron chi connectivity index (χ1n) is 10.7. The Kier molecular flexibility index (Phi) is 7.10. The number of nitrogens with one attached hydrogen (secondary N) is 1. The summed E-state index contributed by atoms with van der Waals surface area (Å²) in [5.74, 6) is 1.34. The molecule has 1 heterocycles. The number of aryl methyl sites for hydroxylation is 2. The zero-order chi connectivity index (χ0) is 23.2. The van der Waals surface area contributed by atoms with E-state index in [1.54, 1.807) is 0 Å². The van der Waals surface area contributed by atoms with Crippen molar-refractivity contribution >= 4 is 23.4 Å². The maximum Gasteiger partial charge on any atom is 0.237 e. The molecule has 1 unspecified atom stereocenters. The Morgan fingerprint density at radius 2 is 1.58 bits per heavy atom. The molecule has 0 aliphatic heterocycles. The highest BCUT2D eigenvalue weighted by atomic mass is 32.2. The van der Waals surface area contributed by atoms with Crippen LogP contribution in [-0.4, -0.2) is 25.9 Å². The van der Waals surface area contributed by atoms with Gasteiger partial charge in [0.25, 0.3) is 0 Å². The van der Waals surface area contributed by atoms with Gasteiger partial charge >= 0.3 is 0 Å². The maximum atomic E-state index is 12.8. The van der Waals surface area contributed by atoms with Gasteiger partial charge in [-0.1, -0.05) is 65.4 Å². The SMILES string of the molecule is Cc1ccc(NC(=O)C(C)Sc2nnc(COc3ccc(C)cc3)n2-c2ccccc2)cc1. The zero-order valence-electron chi connectivity index (χ0n) is 18.9. The zero-order valence-corrected chi connectivity index (χ0v) is 19.7. The third-order valence-corrected chi connectivity index (χ3v) is 6.12. The lowest BCUT2D eigenvalue weighted by Gasteiger charge is -2.14. The molecule has 4 rings (SSSR count). The number of nitrogens with zero attached hydrogens (tertiary/aromatic N) is 3. The second kappa shape index (κ2) is 10.4. The van der Waals surface area contributed by atoms with Gasteiger partial charge in [0.1, 0.15) is 12.4 Å². The van der Waals surface area contributed by atoms with Crippen LogP contribution in [0.15, 0.2) is 84.0 Å². The highest BCUT2D eigenvalue weighted by molar-refractivity contribution is 8.00. The largest absolute Gasteiger partial charge is 0.486 e. The molecule has 33 heavy (non-hydrogen) atoms. The van der Waals surface area contributed by atoms with Crippen LogP contribution in [0.2, 0.25) is 0 Å². The maximum absolute atomic E-state index is 12.8. The molecule has 0 saturated carbocycles. The van der Waals surface area contributed by atoms with Gasteiger partial charge in [0, 0.05) is 11.4 Å². The molecule has 0 spiro atoms. The van der Waals surface area contributed by atoms with Crippen LogP contribution in [0.5, 0.6) is 5.75 Å². The summed E-state index contributed by atoms with van der Waals surface area (Å²) in [6.45, 7) is 6.17. The van der Waals surface area contributed by atoms with Crippen LogP contribution in [0.1, 0.15) is 23.9 Å². The molecule has 1 atom stereocenters. The van der Waals surface area contributed by atoms with E-state index in [4.69, 9.17) is 4.74 Å². The van der Waals surface area contributed by atoms with E-state index in [1.165, 1.54) is 17.3 Å². The van der Waals surface area contributed by atoms with Crippen molar-refractivity contribution in [2.75, 3.05) is 5.32 Å². The summed E-state index contributed by atoms with van der Waals surface area (Å²) in [6.07, 6.45) is 0. The van der Waals surface area contributed by atoms with Crippen molar-refractivity contribution in [2.24, 2.45) is 0 Å². The molecule has 168 valence electrons. The fourth-order valence-electron chi connectivity index (χ4n) is 3.18. The third kappa shape index (κ3) is 5.81. The summed E-state index contributed by atoms with van der Waals surface area (Å²) >= 11 is 1.36. The van der Waals surface area contributed by atoms with Gasteiger partial charge in [0.15, 0.2) is 11.0 Å². The molecule has 3 aromatic carbocycles. The lowest BCUT2D eigenvalue weighted by molar-refractivity contribution is -0.115. The van der Waals surface area contributed by atoms with Crippen molar-refractivity contribution in [3.8, 4) is 11.4 Å². The number of para-hydroxylation sites is 1. The molecule has 0 fully saturated rings. The highest BCUT2D eigenvalue weighted by Crippen LogP contribution is 2.27. The van der Waals surface area contributed by atoms with E-state index in [2.05, 4.69) is 15.5 Å². The first-order chi connectivity index (χ1) is 16.0. The van der Waals surface area contributed by atoms with E-state index in [0.29, 0.717) is 11.0 Å². The number of aromatic nitrogens is 3. The van der Waals surface area contributed by atoms with Gasteiger partial charge in [-0.2, -0.15) is 0 Å². The number of benzene rings is 3. The molecule has 1 aromatic heterocycles. The van der Waals surface area contributed by atoms with E-state index in [-0.39, 0.29) is 17.8 Å². The second-order valence-electron chi connectivity index (χ2n) is 7.79. The summed E-state index contributed by atoms with van der Waals surface area (Å²) in [5, 5.41) is 12.0. The number of ether oxygens (including phenoxy) is 1.